The van der Waals surface area contributed by atoms with Crippen LogP contribution in [-0.2, 0) is 31.6 Å². The minimum atomic E-state index is -3.67. The van der Waals surface area contributed by atoms with E-state index in [2.05, 4.69) is 60.5 Å². The summed E-state index contributed by atoms with van der Waals surface area (Å²) in [4.78, 5) is 9.65. The Morgan fingerprint density at radius 1 is 0.658 bits per heavy atom. The van der Waals surface area contributed by atoms with E-state index in [0.717, 1.165) is 0 Å². The van der Waals surface area contributed by atoms with Crippen molar-refractivity contribution >= 4 is 54.3 Å². The molecule has 22 heteroatoms. The number of amidine groups is 1. The third-order valence-electron chi connectivity index (χ3n) is 8.22. The van der Waals surface area contributed by atoms with Gasteiger partial charge in [-0.05, 0) is 63.1 Å². The maximum absolute atomic E-state index is 12.6. The number of sulfonamides is 2. The van der Waals surface area contributed by atoms with Crippen molar-refractivity contribution in [2.75, 3.05) is 37.9 Å². The van der Waals surface area contributed by atoms with Gasteiger partial charge in [0.05, 0.1) is 56.6 Å². The number of fused-ring (bicyclic) bond motifs is 1. The van der Waals surface area contributed by atoms with Crippen LogP contribution in [0.5, 0.6) is 17.2 Å². The van der Waals surface area contributed by atoms with Crippen molar-refractivity contribution in [3.63, 3.8) is 0 Å². The summed E-state index contributed by atoms with van der Waals surface area (Å²) in [6.45, 7) is 47.0. The molecular formula is C51H75FN8Na2O9S2. The van der Waals surface area contributed by atoms with Crippen molar-refractivity contribution in [3.05, 3.63) is 130 Å². The molecule has 1 aliphatic rings. The number of nitrogens with two attached hydrogens (primary N) is 4. The molecule has 394 valence electrons. The largest absolute Gasteiger partial charge is 1.00 e. The molecule has 0 atom stereocenters. The fraction of sp³-hybridized carbons (Fsp3) is 0.451. The van der Waals surface area contributed by atoms with Crippen molar-refractivity contribution < 1.29 is 107 Å². The molecule has 0 aliphatic carbocycles. The zero-order chi connectivity index (χ0) is 53.2. The van der Waals surface area contributed by atoms with Crippen LogP contribution in [0.3, 0.4) is 0 Å². The second kappa shape index (κ2) is 32.8. The quantitative estimate of drug-likeness (QED) is 0.0894. The molecule has 4 aromatic carbocycles. The Morgan fingerprint density at radius 2 is 1.03 bits per heavy atom. The monoisotopic (exact) mass is 1070 g/mol. The van der Waals surface area contributed by atoms with E-state index in [1.807, 2.05) is 41.5 Å². The summed E-state index contributed by atoms with van der Waals surface area (Å²) in [7, 11) is -7.17. The number of nitrogen functional groups attached to an aromatic ring is 2. The number of primary sulfonamides is 1. The van der Waals surface area contributed by atoms with Crippen LogP contribution in [0.25, 0.3) is 14.5 Å². The van der Waals surface area contributed by atoms with E-state index in [1.54, 1.807) is 54.6 Å². The minimum Gasteiger partial charge on any atom is -1.00 e. The number of benzene rings is 4. The maximum atomic E-state index is 12.6. The first-order valence-corrected chi connectivity index (χ1v) is 24.7. The molecule has 17 nitrogen and oxygen atoms in total. The number of nitrogens with zero attached hydrogens (tertiary/aromatic N) is 4. The molecule has 0 bridgehead atoms. The molecule has 0 saturated heterocycles. The molecule has 73 heavy (non-hydrogen) atoms. The maximum Gasteiger partial charge on any atom is 1.00 e. The van der Waals surface area contributed by atoms with E-state index in [-0.39, 0.29) is 136 Å². The third kappa shape index (κ3) is 30.5. The van der Waals surface area contributed by atoms with Crippen LogP contribution < -0.4 is 95.7 Å². The second-order valence-electron chi connectivity index (χ2n) is 20.5. The van der Waals surface area contributed by atoms with Gasteiger partial charge in [-0.15, -0.1) is 4.40 Å². The fourth-order valence-electron chi connectivity index (χ4n) is 4.98. The van der Waals surface area contributed by atoms with Crippen LogP contribution in [-0.4, -0.2) is 59.7 Å². The third-order valence-corrected chi connectivity index (χ3v) is 10.1. The zero-order valence-electron chi connectivity index (χ0n) is 45.2. The number of hydrogen-bond acceptors (Lipinski definition) is 12. The Bertz CT molecular complexity index is 2740. The Kier molecular flexibility index (Phi) is 33.7. The van der Waals surface area contributed by atoms with Crippen LogP contribution in [0, 0.1) is 47.2 Å². The van der Waals surface area contributed by atoms with E-state index < -0.39 is 25.9 Å². The number of para-hydroxylation sites is 3. The van der Waals surface area contributed by atoms with Crippen molar-refractivity contribution in [1.29, 1.82) is 0 Å². The smallest absolute Gasteiger partial charge is 1.00 e. The van der Waals surface area contributed by atoms with Gasteiger partial charge in [0, 0.05) is 18.0 Å². The van der Waals surface area contributed by atoms with Crippen molar-refractivity contribution in [1.82, 2.24) is 0 Å². The Labute approximate surface area is 480 Å². The number of hydrogen-bond donors (Lipinski definition) is 5. The predicted octanol–water partition coefficient (Wildman–Crippen LogP) is 4.92. The first kappa shape index (κ1) is 75.1. The molecule has 4 aromatic rings. The number of ether oxygens (including phenoxy) is 3. The van der Waals surface area contributed by atoms with E-state index in [1.165, 1.54) is 18.2 Å². The van der Waals surface area contributed by atoms with Gasteiger partial charge in [-0.3, -0.25) is 0 Å². The number of aliphatic hydroxyl groups is 1. The molecule has 1 aliphatic heterocycles. The molecule has 0 spiro atoms. The summed E-state index contributed by atoms with van der Waals surface area (Å²) >= 11 is 0. The summed E-state index contributed by atoms with van der Waals surface area (Å²) < 4.78 is 78.4. The summed E-state index contributed by atoms with van der Waals surface area (Å²) in [5.74, 6) is 0.503. The SMILES string of the molecule is C.CC(C)(C)CO.CC(C)(C)COc1cccc2c1C(N)=NS(=O)(=O)C2.[C-]#[N+]c1c(CS(N)(=O)=O)cccc1OCC(C)(C)C.[C-]#[N+]c1c(N)cccc1F.[C-]#[N+]c1c(N)cccc1OCC(C)(C)C.[H-].[Na+].[Na+].[OH-]. The first-order valence-electron chi connectivity index (χ1n) is 21.4. The Balaban J connectivity index is -0.000000274. The summed E-state index contributed by atoms with van der Waals surface area (Å²) in [6, 6.07) is 19.6. The molecule has 0 amide bonds. The molecule has 0 saturated carbocycles. The van der Waals surface area contributed by atoms with Crippen LogP contribution in [0.15, 0.2) is 77.2 Å². The van der Waals surface area contributed by atoms with Gasteiger partial charge in [-0.25, -0.2) is 40.9 Å². The summed E-state index contributed by atoms with van der Waals surface area (Å²) in [5, 5.41) is 13.4. The van der Waals surface area contributed by atoms with E-state index in [4.69, 9.17) is 61.4 Å². The summed E-state index contributed by atoms with van der Waals surface area (Å²) in [5.41, 5.74) is 19.6. The Hall–Kier alpha value is -4.47. The fourth-order valence-corrected chi connectivity index (χ4v) is 6.74. The van der Waals surface area contributed by atoms with Gasteiger partial charge in [-0.2, -0.15) is 0 Å². The average Bonchev–Trinajstić information content (AvgIpc) is 3.20. The van der Waals surface area contributed by atoms with E-state index >= 15 is 0 Å². The molecule has 0 aromatic heterocycles. The predicted molar refractivity (Wildman–Crippen MR) is 285 cm³/mol. The van der Waals surface area contributed by atoms with Crippen LogP contribution in [0.4, 0.5) is 32.8 Å². The Morgan fingerprint density at radius 3 is 1.41 bits per heavy atom. The molecule has 0 fully saturated rings. The zero-order valence-corrected chi connectivity index (χ0v) is 49.8. The van der Waals surface area contributed by atoms with Crippen molar-refractivity contribution in [3.8, 4) is 17.2 Å². The van der Waals surface area contributed by atoms with Gasteiger partial charge in [0.2, 0.25) is 27.1 Å². The topological polar surface area (TPSA) is 276 Å². The van der Waals surface area contributed by atoms with Gasteiger partial charge in [0.1, 0.15) is 28.9 Å². The molecule has 0 unspecified atom stereocenters. The standard InChI is InChI=1S/2C13H18N2O3S.C12H16N2O.C7H5FN2.C5H12O.CH4.2Na.H2O.H/c1-13(2,3)8-18-10-6-4-5-9-7-19(16,17)15-12(14)11(9)10;1-13(2,3)9-18-11-7-5-6-10(12(11)15-4)8-19(14,16)17;1-12(2,3)8-15-10-7-5-6-9(13)11(10)14-4;1-10-7-5(8)3-2-4-6(7)9;1-5(2,3)4-6;;;;;/h4-6H,7-8H2,1-3H3,(H2,14,15);5-7H,8-9H2,1-3H3,(H2,14,16,17);5-7H,8,13H2,1-3H3;2-4H,9H2;6H,4H2,1-3H3;1H4;;;1H2;/q;;;;;;2*+1;;-1/p-1. The van der Waals surface area contributed by atoms with Gasteiger partial charge in [0.25, 0.3) is 10.0 Å². The summed E-state index contributed by atoms with van der Waals surface area (Å²) in [6.07, 6.45) is 0. The van der Waals surface area contributed by atoms with Crippen molar-refractivity contribution in [2.24, 2.45) is 36.9 Å². The molecule has 10 N–H and O–H groups in total. The number of halogens is 1. The molecular weight excluding hydrogens is 998 g/mol. The normalized spacial score (nSPS) is 12.1. The number of rotatable bonds is 8. The average molecular weight is 1070 g/mol. The van der Waals surface area contributed by atoms with E-state index in [0.29, 0.717) is 65.1 Å². The first-order chi connectivity index (χ1) is 31.6. The molecule has 1 heterocycles. The van der Waals surface area contributed by atoms with Gasteiger partial charge in [0.15, 0.2) is 0 Å². The van der Waals surface area contributed by atoms with Gasteiger partial charge >= 0.3 is 59.1 Å². The number of anilines is 2. The van der Waals surface area contributed by atoms with Gasteiger partial charge in [-0.1, -0.05) is 133 Å². The van der Waals surface area contributed by atoms with Crippen LogP contribution in [0.1, 0.15) is 109 Å². The van der Waals surface area contributed by atoms with E-state index in [9.17, 15) is 21.2 Å². The van der Waals surface area contributed by atoms with Crippen LogP contribution in [0.2, 0.25) is 0 Å². The minimum absolute atomic E-state index is 0. The molecule has 5 rings (SSSR count). The van der Waals surface area contributed by atoms with Gasteiger partial charge < -0.3 is 43.4 Å². The van der Waals surface area contributed by atoms with Crippen molar-refractivity contribution in [2.45, 2.75) is 102 Å². The molecule has 0 radical (unpaired) electrons. The van der Waals surface area contributed by atoms with Crippen LogP contribution >= 0.6 is 0 Å². The second-order valence-corrected chi connectivity index (χ2v) is 23.8. The number of aliphatic hydroxyl groups excluding tert-OH is 1.